The van der Waals surface area contributed by atoms with E-state index in [1.54, 1.807) is 6.07 Å². The maximum atomic E-state index is 13.5. The predicted octanol–water partition coefficient (Wildman–Crippen LogP) is 1.15. The quantitative estimate of drug-likeness (QED) is 0.907. The molecule has 4 nitrogen and oxygen atoms in total. The minimum Gasteiger partial charge on any atom is -0.368 e. The molecule has 0 aliphatic rings. The third-order valence-corrected chi connectivity index (χ3v) is 2.53. The number of primary amides is 1. The second kappa shape index (κ2) is 5.07. The Bertz CT molecular complexity index is 437. The van der Waals surface area contributed by atoms with E-state index in [0.29, 0.717) is 0 Å². The lowest BCUT2D eigenvalue weighted by Crippen LogP contribution is -2.35. The summed E-state index contributed by atoms with van der Waals surface area (Å²) in [5.41, 5.74) is 4.84. The third kappa shape index (κ3) is 2.79. The number of nitrogens with two attached hydrogens (primary N) is 1. The van der Waals surface area contributed by atoms with Crippen LogP contribution in [0.3, 0.4) is 0 Å². The maximum Gasteiger partial charge on any atom is 0.257 e. The average molecular weight is 289 g/mol. The van der Waals surface area contributed by atoms with Gasteiger partial charge in [-0.05, 0) is 28.1 Å². The minimum absolute atomic E-state index is 0.0990. The number of nitrogens with zero attached hydrogens (tertiary/aromatic N) is 1. The fourth-order valence-electron chi connectivity index (χ4n) is 1.18. The Morgan fingerprint density at radius 2 is 2.12 bits per heavy atom. The largest absolute Gasteiger partial charge is 0.368 e. The summed E-state index contributed by atoms with van der Waals surface area (Å²) >= 11 is 2.98. The van der Waals surface area contributed by atoms with Crippen LogP contribution in [0.2, 0.25) is 0 Å². The van der Waals surface area contributed by atoms with Crippen LogP contribution in [0.4, 0.5) is 4.39 Å². The molecule has 0 aliphatic heterocycles. The van der Waals surface area contributed by atoms with Crippen LogP contribution in [0, 0.1) is 5.82 Å². The molecule has 0 saturated carbocycles. The summed E-state index contributed by atoms with van der Waals surface area (Å²) < 4.78 is 13.7. The van der Waals surface area contributed by atoms with Gasteiger partial charge in [-0.25, -0.2) is 4.39 Å². The smallest absolute Gasteiger partial charge is 0.257 e. The highest BCUT2D eigenvalue weighted by Gasteiger charge is 2.18. The highest BCUT2D eigenvalue weighted by molar-refractivity contribution is 9.10. The van der Waals surface area contributed by atoms with Crippen molar-refractivity contribution in [3.05, 3.63) is 34.1 Å². The van der Waals surface area contributed by atoms with Crippen LogP contribution >= 0.6 is 15.9 Å². The first-order valence-electron chi connectivity index (χ1n) is 4.41. The monoisotopic (exact) mass is 288 g/mol. The van der Waals surface area contributed by atoms with Gasteiger partial charge in [-0.3, -0.25) is 9.59 Å². The van der Waals surface area contributed by atoms with Crippen molar-refractivity contribution in [2.24, 2.45) is 5.73 Å². The lowest BCUT2D eigenvalue weighted by molar-refractivity contribution is -0.118. The molecule has 0 saturated heterocycles. The first-order chi connectivity index (χ1) is 7.43. The minimum atomic E-state index is -0.649. The van der Waals surface area contributed by atoms with Crippen molar-refractivity contribution < 1.29 is 14.0 Å². The van der Waals surface area contributed by atoms with Crippen LogP contribution in [0.5, 0.6) is 0 Å². The maximum absolute atomic E-state index is 13.5. The number of halogens is 2. The van der Waals surface area contributed by atoms with Gasteiger partial charge in [-0.2, -0.15) is 0 Å². The summed E-state index contributed by atoms with van der Waals surface area (Å²) in [5, 5.41) is 0. The fourth-order valence-corrected chi connectivity index (χ4v) is 1.55. The van der Waals surface area contributed by atoms with Crippen LogP contribution in [0.15, 0.2) is 22.7 Å². The van der Waals surface area contributed by atoms with E-state index in [0.717, 1.165) is 4.90 Å². The molecule has 0 atom stereocenters. The van der Waals surface area contributed by atoms with Gasteiger partial charge in [-0.1, -0.05) is 6.07 Å². The lowest BCUT2D eigenvalue weighted by Gasteiger charge is -2.15. The Morgan fingerprint density at radius 3 is 2.69 bits per heavy atom. The summed E-state index contributed by atoms with van der Waals surface area (Å²) in [7, 11) is 1.38. The molecule has 0 unspecified atom stereocenters. The molecule has 0 spiro atoms. The molecule has 16 heavy (non-hydrogen) atoms. The van der Waals surface area contributed by atoms with Gasteiger partial charge in [0.1, 0.15) is 5.82 Å². The number of carbonyl (C=O) groups excluding carboxylic acids is 2. The molecule has 0 heterocycles. The van der Waals surface area contributed by atoms with Crippen LogP contribution in [-0.2, 0) is 4.79 Å². The molecule has 1 aromatic rings. The van der Waals surface area contributed by atoms with Crippen LogP contribution in [0.25, 0.3) is 0 Å². The fraction of sp³-hybridized carbons (Fsp3) is 0.200. The van der Waals surface area contributed by atoms with Crippen LogP contribution in [-0.4, -0.2) is 30.3 Å². The number of hydrogen-bond donors (Lipinski definition) is 1. The number of likely N-dealkylation sites (N-methyl/N-ethyl adjacent to an activating group) is 1. The van der Waals surface area contributed by atoms with Gasteiger partial charge in [-0.15, -0.1) is 0 Å². The topological polar surface area (TPSA) is 63.4 Å². The first kappa shape index (κ1) is 12.6. The van der Waals surface area contributed by atoms with Crippen molar-refractivity contribution in [2.45, 2.75) is 0 Å². The second-order valence-corrected chi connectivity index (χ2v) is 4.08. The van der Waals surface area contributed by atoms with Gasteiger partial charge in [0.25, 0.3) is 5.91 Å². The SMILES string of the molecule is CN(CC(N)=O)C(=O)c1cccc(Br)c1F. The average Bonchev–Trinajstić information content (AvgIpc) is 2.20. The third-order valence-electron chi connectivity index (χ3n) is 1.92. The van der Waals surface area contributed by atoms with Gasteiger partial charge >= 0.3 is 0 Å². The molecule has 0 aliphatic carbocycles. The van der Waals surface area contributed by atoms with Gasteiger partial charge in [0.05, 0.1) is 16.6 Å². The predicted molar refractivity (Wildman–Crippen MR) is 60.3 cm³/mol. The van der Waals surface area contributed by atoms with Gasteiger partial charge in [0.2, 0.25) is 5.91 Å². The van der Waals surface area contributed by atoms with Crippen molar-refractivity contribution in [3.63, 3.8) is 0 Å². The van der Waals surface area contributed by atoms with E-state index in [-0.39, 0.29) is 16.6 Å². The van der Waals surface area contributed by atoms with Crippen LogP contribution in [0.1, 0.15) is 10.4 Å². The highest BCUT2D eigenvalue weighted by Crippen LogP contribution is 2.19. The zero-order valence-corrected chi connectivity index (χ0v) is 10.1. The number of carbonyl (C=O) groups is 2. The van der Waals surface area contributed by atoms with Crippen molar-refractivity contribution >= 4 is 27.7 Å². The highest BCUT2D eigenvalue weighted by atomic mass is 79.9. The van der Waals surface area contributed by atoms with Gasteiger partial charge in [0, 0.05) is 7.05 Å². The Labute approximate surface area is 100 Å². The molecular formula is C10H10BrFN2O2. The molecule has 0 radical (unpaired) electrons. The molecule has 1 aromatic carbocycles. The second-order valence-electron chi connectivity index (χ2n) is 3.23. The summed E-state index contributed by atoms with van der Waals surface area (Å²) in [4.78, 5) is 23.4. The van der Waals surface area contributed by atoms with Crippen molar-refractivity contribution in [3.8, 4) is 0 Å². The standard InChI is InChI=1S/C10H10BrFN2O2/c1-14(5-8(13)15)10(16)6-3-2-4-7(11)9(6)12/h2-4H,5H2,1H3,(H2,13,15). The van der Waals surface area contributed by atoms with Crippen LogP contribution < -0.4 is 5.73 Å². The van der Waals surface area contributed by atoms with Crippen molar-refractivity contribution in [1.82, 2.24) is 4.90 Å². The lowest BCUT2D eigenvalue weighted by atomic mass is 10.2. The summed E-state index contributed by atoms with van der Waals surface area (Å²) in [6.07, 6.45) is 0. The van der Waals surface area contributed by atoms with Crippen molar-refractivity contribution in [1.29, 1.82) is 0 Å². The van der Waals surface area contributed by atoms with Crippen molar-refractivity contribution in [2.75, 3.05) is 13.6 Å². The van der Waals surface area contributed by atoms with E-state index < -0.39 is 17.6 Å². The summed E-state index contributed by atoms with van der Waals surface area (Å²) in [5.74, 6) is -1.88. The molecule has 6 heteroatoms. The number of amides is 2. The van der Waals surface area contributed by atoms with Gasteiger partial charge in [0.15, 0.2) is 0 Å². The Hall–Kier alpha value is -1.43. The van der Waals surface area contributed by atoms with Gasteiger partial charge < -0.3 is 10.6 Å². The zero-order valence-electron chi connectivity index (χ0n) is 8.54. The molecule has 86 valence electrons. The Balaban J connectivity index is 2.96. The number of benzene rings is 1. The Morgan fingerprint density at radius 1 is 1.50 bits per heavy atom. The normalized spacial score (nSPS) is 9.94. The zero-order chi connectivity index (χ0) is 12.3. The molecule has 0 aromatic heterocycles. The molecule has 0 fully saturated rings. The molecule has 1 rings (SSSR count). The Kier molecular flexibility index (Phi) is 4.00. The summed E-state index contributed by atoms with van der Waals surface area (Å²) in [6, 6.07) is 4.37. The molecule has 2 amide bonds. The number of rotatable bonds is 3. The van der Waals surface area contributed by atoms with E-state index in [4.69, 9.17) is 5.73 Å². The first-order valence-corrected chi connectivity index (χ1v) is 5.20. The van der Waals surface area contributed by atoms with E-state index >= 15 is 0 Å². The molecule has 2 N–H and O–H groups in total. The number of hydrogen-bond acceptors (Lipinski definition) is 2. The van der Waals surface area contributed by atoms with E-state index in [1.165, 1.54) is 19.2 Å². The molecule has 0 bridgehead atoms. The van der Waals surface area contributed by atoms with E-state index in [9.17, 15) is 14.0 Å². The summed E-state index contributed by atoms with van der Waals surface area (Å²) in [6.45, 7) is -0.245. The molecular weight excluding hydrogens is 279 g/mol. The van der Waals surface area contributed by atoms with E-state index in [1.807, 2.05) is 0 Å². The van der Waals surface area contributed by atoms with E-state index in [2.05, 4.69) is 15.9 Å².